The molecule has 0 atom stereocenters. The third-order valence-electron chi connectivity index (χ3n) is 2.83. The molecule has 1 aliphatic rings. The Bertz CT molecular complexity index is 139. The summed E-state index contributed by atoms with van der Waals surface area (Å²) in [5, 5.41) is 1.08. The van der Waals surface area contributed by atoms with E-state index in [9.17, 15) is 0 Å². The minimum Gasteiger partial charge on any atom is -0.380 e. The Labute approximate surface area is 96.1 Å². The topological polar surface area (TPSA) is 12.5 Å². The van der Waals surface area contributed by atoms with Crippen molar-refractivity contribution < 1.29 is 4.74 Å². The van der Waals surface area contributed by atoms with Crippen molar-refractivity contribution in [1.82, 2.24) is 4.90 Å². The van der Waals surface area contributed by atoms with Crippen LogP contribution in [0.15, 0.2) is 0 Å². The number of nitrogens with zero attached hydrogens (tertiary/aromatic N) is 1. The van der Waals surface area contributed by atoms with Crippen LogP contribution in [0.5, 0.6) is 0 Å². The second-order valence-electron chi connectivity index (χ2n) is 3.92. The van der Waals surface area contributed by atoms with Gasteiger partial charge < -0.3 is 4.74 Å². The molecule has 0 radical (unpaired) electrons. The van der Waals surface area contributed by atoms with Crippen LogP contribution in [0.4, 0.5) is 0 Å². The molecule has 0 amide bonds. The molecule has 0 aromatic carbocycles. The molecule has 84 valence electrons. The second-order valence-corrected chi connectivity index (χ2v) is 4.72. The quantitative estimate of drug-likeness (QED) is 0.493. The van der Waals surface area contributed by atoms with Crippen LogP contribution in [0.1, 0.15) is 32.6 Å². The zero-order valence-electron chi connectivity index (χ0n) is 9.17. The lowest BCUT2D eigenvalue weighted by atomic mass is 9.91. The molecule has 0 aliphatic heterocycles. The Balaban J connectivity index is 2.08. The molecule has 3 heteroatoms. The third-order valence-corrected chi connectivity index (χ3v) is 3.19. The fourth-order valence-corrected chi connectivity index (χ4v) is 2.22. The van der Waals surface area contributed by atoms with E-state index < -0.39 is 0 Å². The Morgan fingerprint density at radius 1 is 1.29 bits per heavy atom. The van der Waals surface area contributed by atoms with Gasteiger partial charge in [0, 0.05) is 31.1 Å². The molecule has 0 saturated heterocycles. The number of hydrogen-bond acceptors (Lipinski definition) is 2. The molecule has 1 saturated carbocycles. The lowest BCUT2D eigenvalue weighted by Crippen LogP contribution is -2.43. The van der Waals surface area contributed by atoms with Crippen LogP contribution in [0.25, 0.3) is 0 Å². The first-order chi connectivity index (χ1) is 6.88. The highest BCUT2D eigenvalue weighted by atomic mass is 79.9. The Morgan fingerprint density at radius 3 is 2.57 bits per heavy atom. The van der Waals surface area contributed by atoms with E-state index in [-0.39, 0.29) is 0 Å². The molecule has 1 rings (SSSR count). The summed E-state index contributed by atoms with van der Waals surface area (Å²) in [7, 11) is 0. The maximum absolute atomic E-state index is 5.52. The highest BCUT2D eigenvalue weighted by Gasteiger charge is 2.23. The van der Waals surface area contributed by atoms with Gasteiger partial charge in [-0.3, -0.25) is 4.90 Å². The molecule has 0 aromatic rings. The summed E-state index contributed by atoms with van der Waals surface area (Å²) in [6, 6.07) is 0.845. The van der Waals surface area contributed by atoms with Gasteiger partial charge in [-0.1, -0.05) is 29.3 Å². The number of halogens is 1. The fourth-order valence-electron chi connectivity index (χ4n) is 1.77. The smallest absolute Gasteiger partial charge is 0.0593 e. The van der Waals surface area contributed by atoms with Crippen LogP contribution in [-0.4, -0.2) is 42.6 Å². The Kier molecular flexibility index (Phi) is 6.82. The van der Waals surface area contributed by atoms with E-state index in [1.54, 1.807) is 0 Å². The Hall–Kier alpha value is 0.400. The van der Waals surface area contributed by atoms with Crippen molar-refractivity contribution in [2.75, 3.05) is 31.6 Å². The van der Waals surface area contributed by atoms with Crippen molar-refractivity contribution in [2.24, 2.45) is 0 Å². The van der Waals surface area contributed by atoms with Gasteiger partial charge in [-0.2, -0.15) is 0 Å². The number of ether oxygens (including phenoxy) is 1. The van der Waals surface area contributed by atoms with Gasteiger partial charge in [-0.15, -0.1) is 0 Å². The SMILES string of the molecule is CCCOCCN(CCBr)C1CCC1. The molecule has 0 bridgehead atoms. The fraction of sp³-hybridized carbons (Fsp3) is 1.00. The maximum Gasteiger partial charge on any atom is 0.0593 e. The molecule has 0 unspecified atom stereocenters. The molecule has 0 aromatic heterocycles. The highest BCUT2D eigenvalue weighted by Crippen LogP contribution is 2.24. The van der Waals surface area contributed by atoms with E-state index in [0.29, 0.717) is 0 Å². The van der Waals surface area contributed by atoms with Crippen LogP contribution < -0.4 is 0 Å². The van der Waals surface area contributed by atoms with Gasteiger partial charge in [0.1, 0.15) is 0 Å². The minimum absolute atomic E-state index is 0.845. The van der Waals surface area contributed by atoms with Crippen molar-refractivity contribution >= 4 is 15.9 Å². The lowest BCUT2D eigenvalue weighted by Gasteiger charge is -2.37. The summed E-state index contributed by atoms with van der Waals surface area (Å²) in [5.41, 5.74) is 0. The highest BCUT2D eigenvalue weighted by molar-refractivity contribution is 9.09. The normalized spacial score (nSPS) is 17.4. The van der Waals surface area contributed by atoms with E-state index in [0.717, 1.165) is 37.6 Å². The van der Waals surface area contributed by atoms with Crippen molar-refractivity contribution in [3.8, 4) is 0 Å². The summed E-state index contributed by atoms with van der Waals surface area (Å²) in [6.07, 6.45) is 5.32. The first-order valence-corrected chi connectivity index (χ1v) is 6.88. The first-order valence-electron chi connectivity index (χ1n) is 5.76. The molecule has 0 heterocycles. The average Bonchev–Trinajstić information content (AvgIpc) is 2.10. The maximum atomic E-state index is 5.52. The molecule has 1 aliphatic carbocycles. The summed E-state index contributed by atoms with van der Waals surface area (Å²) in [5.74, 6) is 0. The summed E-state index contributed by atoms with van der Waals surface area (Å²) < 4.78 is 5.52. The van der Waals surface area contributed by atoms with Gasteiger partial charge in [0.25, 0.3) is 0 Å². The zero-order chi connectivity index (χ0) is 10.2. The number of alkyl halides is 1. The predicted octanol–water partition coefficient (Wildman–Crippen LogP) is 2.66. The van der Waals surface area contributed by atoms with Crippen molar-refractivity contribution in [3.05, 3.63) is 0 Å². The molecule has 0 N–H and O–H groups in total. The van der Waals surface area contributed by atoms with E-state index in [2.05, 4.69) is 27.8 Å². The molecule has 14 heavy (non-hydrogen) atoms. The largest absolute Gasteiger partial charge is 0.380 e. The summed E-state index contributed by atoms with van der Waals surface area (Å²) >= 11 is 3.51. The standard InChI is InChI=1S/C11H22BrNO/c1-2-9-14-10-8-13(7-6-12)11-4-3-5-11/h11H,2-10H2,1H3. The summed E-state index contributed by atoms with van der Waals surface area (Å²) in [4.78, 5) is 2.56. The van der Waals surface area contributed by atoms with Crippen LogP contribution in [0, 0.1) is 0 Å². The number of hydrogen-bond donors (Lipinski definition) is 0. The van der Waals surface area contributed by atoms with Crippen molar-refractivity contribution in [2.45, 2.75) is 38.6 Å². The molecule has 0 spiro atoms. The third kappa shape index (κ3) is 4.28. The van der Waals surface area contributed by atoms with Gasteiger partial charge in [0.05, 0.1) is 6.61 Å². The van der Waals surface area contributed by atoms with Gasteiger partial charge in [0.15, 0.2) is 0 Å². The molecule has 2 nitrogen and oxygen atoms in total. The molecule has 1 fully saturated rings. The zero-order valence-corrected chi connectivity index (χ0v) is 10.8. The van der Waals surface area contributed by atoms with Crippen LogP contribution in [0.2, 0.25) is 0 Å². The van der Waals surface area contributed by atoms with Crippen LogP contribution in [0.3, 0.4) is 0 Å². The van der Waals surface area contributed by atoms with Gasteiger partial charge in [-0.25, -0.2) is 0 Å². The van der Waals surface area contributed by atoms with Gasteiger partial charge >= 0.3 is 0 Å². The van der Waals surface area contributed by atoms with E-state index in [4.69, 9.17) is 4.74 Å². The van der Waals surface area contributed by atoms with Gasteiger partial charge in [-0.05, 0) is 19.3 Å². The number of rotatable bonds is 8. The molecular weight excluding hydrogens is 242 g/mol. The van der Waals surface area contributed by atoms with Gasteiger partial charge in [0.2, 0.25) is 0 Å². The lowest BCUT2D eigenvalue weighted by molar-refractivity contribution is 0.0686. The second kappa shape index (κ2) is 7.66. The van der Waals surface area contributed by atoms with E-state index in [1.165, 1.54) is 25.8 Å². The minimum atomic E-state index is 0.845. The summed E-state index contributed by atoms with van der Waals surface area (Å²) in [6.45, 7) is 6.24. The van der Waals surface area contributed by atoms with Crippen LogP contribution in [-0.2, 0) is 4.74 Å². The first kappa shape index (κ1) is 12.5. The Morgan fingerprint density at radius 2 is 2.07 bits per heavy atom. The van der Waals surface area contributed by atoms with Crippen LogP contribution >= 0.6 is 15.9 Å². The average molecular weight is 264 g/mol. The van der Waals surface area contributed by atoms with E-state index >= 15 is 0 Å². The monoisotopic (exact) mass is 263 g/mol. The predicted molar refractivity (Wildman–Crippen MR) is 64.1 cm³/mol. The van der Waals surface area contributed by atoms with Crippen molar-refractivity contribution in [1.29, 1.82) is 0 Å². The molecular formula is C11H22BrNO. The van der Waals surface area contributed by atoms with Crippen molar-refractivity contribution in [3.63, 3.8) is 0 Å². The van der Waals surface area contributed by atoms with E-state index in [1.807, 2.05) is 0 Å².